The second-order valence-corrected chi connectivity index (χ2v) is 4.44. The Kier molecular flexibility index (Phi) is 3.97. The molecule has 1 aliphatic rings. The highest BCUT2D eigenvalue weighted by atomic mass is 19.1. The summed E-state index contributed by atoms with van der Waals surface area (Å²) in [5, 5.41) is 0. The van der Waals surface area contributed by atoms with Gasteiger partial charge in [0.15, 0.2) is 0 Å². The lowest BCUT2D eigenvalue weighted by atomic mass is 10.1. The van der Waals surface area contributed by atoms with E-state index in [1.165, 1.54) is 12.1 Å². The lowest BCUT2D eigenvalue weighted by molar-refractivity contribution is 0.152. The fourth-order valence-electron chi connectivity index (χ4n) is 2.17. The largest absolute Gasteiger partial charge is 0.380 e. The second kappa shape index (κ2) is 5.47. The van der Waals surface area contributed by atoms with Crippen molar-refractivity contribution < 1.29 is 9.13 Å². The predicted octanol–water partition coefficient (Wildman–Crippen LogP) is 2.07. The number of rotatable bonds is 2. The van der Waals surface area contributed by atoms with E-state index in [1.54, 1.807) is 0 Å². The minimum Gasteiger partial charge on any atom is -0.380 e. The number of benzene rings is 1. The molecule has 0 aliphatic carbocycles. The maximum Gasteiger partial charge on any atom is 0.123 e. The first-order valence-corrected chi connectivity index (χ1v) is 6.06. The third-order valence-electron chi connectivity index (χ3n) is 3.04. The second-order valence-electron chi connectivity index (χ2n) is 4.44. The Bertz CT molecular complexity index is 374. The fraction of sp³-hybridized carbons (Fsp3) is 0.538. The molecule has 0 bridgehead atoms. The van der Waals surface area contributed by atoms with Crippen LogP contribution in [0.5, 0.6) is 0 Å². The van der Waals surface area contributed by atoms with Crippen molar-refractivity contribution in [1.82, 2.24) is 0 Å². The summed E-state index contributed by atoms with van der Waals surface area (Å²) in [6.45, 7) is 5.17. The summed E-state index contributed by atoms with van der Waals surface area (Å²) in [4.78, 5) is 2.23. The number of hydrogen-bond acceptors (Lipinski definition) is 3. The zero-order valence-electron chi connectivity index (χ0n) is 10.2. The van der Waals surface area contributed by atoms with E-state index >= 15 is 0 Å². The average Bonchev–Trinajstić information content (AvgIpc) is 2.57. The third-order valence-corrected chi connectivity index (χ3v) is 3.04. The molecular weight excluding hydrogens is 219 g/mol. The summed E-state index contributed by atoms with van der Waals surface area (Å²) >= 11 is 0. The van der Waals surface area contributed by atoms with Gasteiger partial charge in [-0.15, -0.1) is 0 Å². The van der Waals surface area contributed by atoms with Crippen molar-refractivity contribution in [3.8, 4) is 0 Å². The van der Waals surface area contributed by atoms with Crippen LogP contribution in [-0.2, 0) is 4.74 Å². The van der Waals surface area contributed by atoms with Crippen LogP contribution in [-0.4, -0.2) is 26.3 Å². The lowest BCUT2D eigenvalue weighted by Crippen LogP contribution is -2.28. The molecule has 1 atom stereocenters. The molecule has 0 saturated carbocycles. The van der Waals surface area contributed by atoms with E-state index in [1.807, 2.05) is 13.0 Å². The molecule has 0 radical (unpaired) electrons. The SMILES string of the molecule is C[C@H](N)c1cc(F)ccc1N1CCCOCC1. The fourth-order valence-corrected chi connectivity index (χ4v) is 2.17. The van der Waals surface area contributed by atoms with Crippen LogP contribution in [0.1, 0.15) is 24.9 Å². The van der Waals surface area contributed by atoms with Gasteiger partial charge in [0.25, 0.3) is 0 Å². The van der Waals surface area contributed by atoms with Gasteiger partial charge in [-0.1, -0.05) is 0 Å². The van der Waals surface area contributed by atoms with Crippen LogP contribution in [0.25, 0.3) is 0 Å². The van der Waals surface area contributed by atoms with E-state index in [2.05, 4.69) is 4.90 Å². The Morgan fingerprint density at radius 2 is 2.18 bits per heavy atom. The van der Waals surface area contributed by atoms with Crippen LogP contribution in [0.2, 0.25) is 0 Å². The monoisotopic (exact) mass is 238 g/mol. The Labute approximate surface area is 101 Å². The maximum atomic E-state index is 13.3. The van der Waals surface area contributed by atoms with Crippen molar-refractivity contribution in [2.45, 2.75) is 19.4 Å². The van der Waals surface area contributed by atoms with E-state index < -0.39 is 0 Å². The maximum absolute atomic E-state index is 13.3. The van der Waals surface area contributed by atoms with Crippen molar-refractivity contribution in [2.24, 2.45) is 5.73 Å². The van der Waals surface area contributed by atoms with Crippen molar-refractivity contribution in [1.29, 1.82) is 0 Å². The van der Waals surface area contributed by atoms with Gasteiger partial charge in [-0.25, -0.2) is 4.39 Å². The molecule has 2 N–H and O–H groups in total. The minimum atomic E-state index is -0.230. The van der Waals surface area contributed by atoms with Gasteiger partial charge >= 0.3 is 0 Å². The Morgan fingerprint density at radius 1 is 1.35 bits per heavy atom. The third kappa shape index (κ3) is 2.96. The van der Waals surface area contributed by atoms with Crippen LogP contribution in [0, 0.1) is 5.82 Å². The van der Waals surface area contributed by atoms with Gasteiger partial charge in [0.05, 0.1) is 6.61 Å². The van der Waals surface area contributed by atoms with Crippen LogP contribution in [0.3, 0.4) is 0 Å². The molecule has 94 valence electrons. The first-order chi connectivity index (χ1) is 8.18. The molecule has 1 aliphatic heterocycles. The molecule has 1 aromatic carbocycles. The predicted molar refractivity (Wildman–Crippen MR) is 66.7 cm³/mol. The smallest absolute Gasteiger partial charge is 0.123 e. The van der Waals surface area contributed by atoms with Gasteiger partial charge in [0.2, 0.25) is 0 Å². The molecule has 0 spiro atoms. The Balaban J connectivity index is 2.29. The summed E-state index contributed by atoms with van der Waals surface area (Å²) in [5.74, 6) is -0.230. The Morgan fingerprint density at radius 3 is 2.94 bits per heavy atom. The summed E-state index contributed by atoms with van der Waals surface area (Å²) in [5.41, 5.74) is 7.81. The standard InChI is InChI=1S/C13H19FN2O/c1-10(15)12-9-11(14)3-4-13(12)16-5-2-7-17-8-6-16/h3-4,9-10H,2,5-8,15H2,1H3/t10-/m0/s1. The molecule has 0 amide bonds. The zero-order valence-corrected chi connectivity index (χ0v) is 10.2. The summed E-state index contributed by atoms with van der Waals surface area (Å²) in [6, 6.07) is 4.68. The summed E-state index contributed by atoms with van der Waals surface area (Å²) in [7, 11) is 0. The number of halogens is 1. The van der Waals surface area contributed by atoms with Crippen molar-refractivity contribution in [3.63, 3.8) is 0 Å². The topological polar surface area (TPSA) is 38.5 Å². The molecular formula is C13H19FN2O. The number of ether oxygens (including phenoxy) is 1. The van der Waals surface area contributed by atoms with Crippen molar-refractivity contribution >= 4 is 5.69 Å². The molecule has 1 saturated heterocycles. The van der Waals surface area contributed by atoms with Gasteiger partial charge in [0.1, 0.15) is 5.82 Å². The van der Waals surface area contributed by atoms with E-state index in [-0.39, 0.29) is 11.9 Å². The van der Waals surface area contributed by atoms with Gasteiger partial charge in [0, 0.05) is 31.4 Å². The molecule has 2 rings (SSSR count). The van der Waals surface area contributed by atoms with Gasteiger partial charge in [-0.2, -0.15) is 0 Å². The van der Waals surface area contributed by atoms with Crippen LogP contribution < -0.4 is 10.6 Å². The van der Waals surface area contributed by atoms with E-state index in [4.69, 9.17) is 10.5 Å². The highest BCUT2D eigenvalue weighted by Crippen LogP contribution is 2.26. The number of nitrogens with zero attached hydrogens (tertiary/aromatic N) is 1. The lowest BCUT2D eigenvalue weighted by Gasteiger charge is -2.26. The zero-order chi connectivity index (χ0) is 12.3. The summed E-state index contributed by atoms with van der Waals surface area (Å²) < 4.78 is 18.7. The average molecular weight is 238 g/mol. The molecule has 1 fully saturated rings. The first kappa shape index (κ1) is 12.3. The molecule has 0 unspecified atom stereocenters. The minimum absolute atomic E-state index is 0.162. The molecule has 3 nitrogen and oxygen atoms in total. The Hall–Kier alpha value is -1.13. The summed E-state index contributed by atoms with van der Waals surface area (Å²) in [6.07, 6.45) is 0.996. The van der Waals surface area contributed by atoms with Gasteiger partial charge in [-0.05, 0) is 37.1 Å². The van der Waals surface area contributed by atoms with Crippen molar-refractivity contribution in [2.75, 3.05) is 31.2 Å². The molecule has 1 aromatic rings. The van der Waals surface area contributed by atoms with E-state index in [0.29, 0.717) is 0 Å². The first-order valence-electron chi connectivity index (χ1n) is 6.06. The molecule has 0 aromatic heterocycles. The van der Waals surface area contributed by atoms with E-state index in [0.717, 1.165) is 44.0 Å². The number of anilines is 1. The van der Waals surface area contributed by atoms with E-state index in [9.17, 15) is 4.39 Å². The molecule has 4 heteroatoms. The van der Waals surface area contributed by atoms with Crippen molar-refractivity contribution in [3.05, 3.63) is 29.6 Å². The van der Waals surface area contributed by atoms with Crippen LogP contribution >= 0.6 is 0 Å². The highest BCUT2D eigenvalue weighted by Gasteiger charge is 2.16. The van der Waals surface area contributed by atoms with Crippen LogP contribution in [0.4, 0.5) is 10.1 Å². The molecule has 17 heavy (non-hydrogen) atoms. The van der Waals surface area contributed by atoms with Gasteiger partial charge in [-0.3, -0.25) is 0 Å². The van der Waals surface area contributed by atoms with Crippen LogP contribution in [0.15, 0.2) is 18.2 Å². The highest BCUT2D eigenvalue weighted by molar-refractivity contribution is 5.55. The number of nitrogens with two attached hydrogens (primary N) is 1. The number of hydrogen-bond donors (Lipinski definition) is 1. The van der Waals surface area contributed by atoms with Gasteiger partial charge < -0.3 is 15.4 Å². The molecule has 1 heterocycles. The normalized spacial score (nSPS) is 18.9. The quantitative estimate of drug-likeness (QED) is 0.857.